The van der Waals surface area contributed by atoms with Crippen LogP contribution in [0.1, 0.15) is 12.0 Å². The molecule has 0 unspecified atom stereocenters. The maximum absolute atomic E-state index is 11.6. The number of hydrogen-bond acceptors (Lipinski definition) is 3. The first-order valence-corrected chi connectivity index (χ1v) is 7.86. The van der Waals surface area contributed by atoms with Crippen LogP contribution in [0, 0.1) is 0 Å². The van der Waals surface area contributed by atoms with E-state index in [-0.39, 0.29) is 13.0 Å². The smallest absolute Gasteiger partial charge is 0.319 e. The number of nitrogens with zero attached hydrogens (tertiary/aromatic N) is 2. The number of halogens is 1. The van der Waals surface area contributed by atoms with E-state index in [2.05, 4.69) is 31.7 Å². The van der Waals surface area contributed by atoms with E-state index in [1.54, 1.807) is 6.20 Å². The van der Waals surface area contributed by atoms with E-state index in [1.165, 1.54) is 0 Å². The number of aliphatic carboxylic acids is 1. The fourth-order valence-electron chi connectivity index (χ4n) is 1.92. The van der Waals surface area contributed by atoms with Crippen LogP contribution in [0.2, 0.25) is 0 Å². The molecular weight excluding hydrogens is 364 g/mol. The second-order valence-electron chi connectivity index (χ2n) is 4.89. The number of aromatic nitrogens is 2. The van der Waals surface area contributed by atoms with E-state index < -0.39 is 12.0 Å². The summed E-state index contributed by atoms with van der Waals surface area (Å²) in [5, 5.41) is 17.8. The Morgan fingerprint density at radius 3 is 2.61 bits per heavy atom. The number of carbonyl (C=O) groups is 2. The van der Waals surface area contributed by atoms with E-state index >= 15 is 0 Å². The molecule has 2 aromatic rings. The number of nitrogens with one attached hydrogen (secondary N) is 2. The zero-order valence-electron chi connectivity index (χ0n) is 12.3. The number of urea groups is 1. The van der Waals surface area contributed by atoms with Gasteiger partial charge in [0.2, 0.25) is 0 Å². The Bertz CT molecular complexity index is 670. The highest BCUT2D eigenvalue weighted by Gasteiger charge is 2.03. The standard InChI is InChI=1S/C15H17BrN4O3/c16-12-9-18-20(10-12)8-6-11-1-3-13(4-2-11)19-15(23)17-7-5-14(21)22/h1-4,9-10H,5-8H2,(H,21,22)(H2,17,19,23). The number of carboxylic acid groups (broad SMARTS) is 1. The summed E-state index contributed by atoms with van der Waals surface area (Å²) in [6, 6.07) is 7.08. The number of aryl methyl sites for hydroxylation is 2. The predicted molar refractivity (Wildman–Crippen MR) is 89.3 cm³/mol. The molecule has 1 aromatic carbocycles. The Kier molecular flexibility index (Phi) is 6.16. The lowest BCUT2D eigenvalue weighted by Crippen LogP contribution is -2.30. The molecule has 0 atom stereocenters. The molecule has 0 bridgehead atoms. The summed E-state index contributed by atoms with van der Waals surface area (Å²) in [4.78, 5) is 21.9. The topological polar surface area (TPSA) is 96.3 Å². The molecule has 1 aromatic heterocycles. The van der Waals surface area contributed by atoms with Gasteiger partial charge in [-0.1, -0.05) is 12.1 Å². The number of rotatable bonds is 7. The van der Waals surface area contributed by atoms with Crippen molar-refractivity contribution in [3.05, 3.63) is 46.7 Å². The minimum atomic E-state index is -0.945. The highest BCUT2D eigenvalue weighted by molar-refractivity contribution is 9.10. The zero-order valence-corrected chi connectivity index (χ0v) is 13.9. The summed E-state index contributed by atoms with van der Waals surface area (Å²) in [5.74, 6) is -0.945. The molecule has 2 rings (SSSR count). The van der Waals surface area contributed by atoms with Crippen molar-refractivity contribution in [2.45, 2.75) is 19.4 Å². The van der Waals surface area contributed by atoms with Crippen LogP contribution in [0.4, 0.5) is 10.5 Å². The lowest BCUT2D eigenvalue weighted by atomic mass is 10.1. The third-order valence-corrected chi connectivity index (χ3v) is 3.48. The number of hydrogen-bond donors (Lipinski definition) is 3. The molecule has 0 aliphatic heterocycles. The molecule has 0 aliphatic carbocycles. The van der Waals surface area contributed by atoms with Crippen molar-refractivity contribution in [2.24, 2.45) is 0 Å². The van der Waals surface area contributed by atoms with Gasteiger partial charge in [-0.05, 0) is 40.0 Å². The Labute approximate surface area is 141 Å². The van der Waals surface area contributed by atoms with E-state index in [4.69, 9.17) is 5.11 Å². The minimum Gasteiger partial charge on any atom is -0.481 e. The summed E-state index contributed by atoms with van der Waals surface area (Å²) in [5.41, 5.74) is 1.79. The van der Waals surface area contributed by atoms with Crippen molar-refractivity contribution in [1.29, 1.82) is 0 Å². The van der Waals surface area contributed by atoms with Crippen molar-refractivity contribution in [1.82, 2.24) is 15.1 Å². The van der Waals surface area contributed by atoms with E-state index in [9.17, 15) is 9.59 Å². The van der Waals surface area contributed by atoms with Crippen molar-refractivity contribution in [2.75, 3.05) is 11.9 Å². The number of carboxylic acids is 1. The fourth-order valence-corrected chi connectivity index (χ4v) is 2.25. The van der Waals surface area contributed by atoms with Gasteiger partial charge in [0.15, 0.2) is 0 Å². The van der Waals surface area contributed by atoms with Crippen molar-refractivity contribution in [3.8, 4) is 0 Å². The summed E-state index contributed by atoms with van der Waals surface area (Å²) >= 11 is 3.35. The van der Waals surface area contributed by atoms with Crippen LogP contribution in [0.5, 0.6) is 0 Å². The molecule has 0 fully saturated rings. The van der Waals surface area contributed by atoms with Gasteiger partial charge >= 0.3 is 12.0 Å². The fraction of sp³-hybridized carbons (Fsp3) is 0.267. The molecule has 0 radical (unpaired) electrons. The second kappa shape index (κ2) is 8.33. The quantitative estimate of drug-likeness (QED) is 0.687. The molecule has 0 saturated heterocycles. The molecule has 7 nitrogen and oxygen atoms in total. The van der Waals surface area contributed by atoms with Gasteiger partial charge in [0.05, 0.1) is 17.1 Å². The van der Waals surface area contributed by atoms with Crippen LogP contribution in [0.25, 0.3) is 0 Å². The van der Waals surface area contributed by atoms with Gasteiger partial charge in [-0.15, -0.1) is 0 Å². The number of benzene rings is 1. The third kappa shape index (κ3) is 6.11. The van der Waals surface area contributed by atoms with Gasteiger partial charge in [0, 0.05) is 25.0 Å². The summed E-state index contributed by atoms with van der Waals surface area (Å²) < 4.78 is 2.80. The molecule has 2 amide bonds. The van der Waals surface area contributed by atoms with Crippen LogP contribution in [0.15, 0.2) is 41.1 Å². The minimum absolute atomic E-state index is 0.0959. The Morgan fingerprint density at radius 2 is 2.00 bits per heavy atom. The van der Waals surface area contributed by atoms with Gasteiger partial charge in [-0.3, -0.25) is 9.48 Å². The van der Waals surface area contributed by atoms with Crippen molar-refractivity contribution >= 4 is 33.6 Å². The summed E-state index contributed by atoms with van der Waals surface area (Å²) in [6.45, 7) is 0.868. The van der Waals surface area contributed by atoms with Gasteiger partial charge < -0.3 is 15.7 Å². The Hall–Kier alpha value is -2.35. The van der Waals surface area contributed by atoms with Crippen LogP contribution in [0.3, 0.4) is 0 Å². The van der Waals surface area contributed by atoms with Crippen molar-refractivity contribution in [3.63, 3.8) is 0 Å². The molecule has 0 spiro atoms. The van der Waals surface area contributed by atoms with E-state index in [1.807, 2.05) is 35.1 Å². The first-order chi connectivity index (χ1) is 11.0. The number of anilines is 1. The lowest BCUT2D eigenvalue weighted by molar-refractivity contribution is -0.136. The maximum atomic E-state index is 11.6. The molecule has 3 N–H and O–H groups in total. The van der Waals surface area contributed by atoms with Gasteiger partial charge in [-0.2, -0.15) is 5.10 Å². The Morgan fingerprint density at radius 1 is 1.26 bits per heavy atom. The molecule has 0 saturated carbocycles. The van der Waals surface area contributed by atoms with Crippen LogP contribution >= 0.6 is 15.9 Å². The molecular formula is C15H17BrN4O3. The molecule has 122 valence electrons. The molecule has 8 heteroatoms. The number of carbonyl (C=O) groups excluding carboxylic acids is 1. The van der Waals surface area contributed by atoms with Gasteiger partial charge in [0.1, 0.15) is 0 Å². The zero-order chi connectivity index (χ0) is 16.7. The predicted octanol–water partition coefficient (Wildman–Crippen LogP) is 2.48. The average molecular weight is 381 g/mol. The first kappa shape index (κ1) is 17.0. The second-order valence-corrected chi connectivity index (χ2v) is 5.81. The first-order valence-electron chi connectivity index (χ1n) is 7.06. The largest absolute Gasteiger partial charge is 0.481 e. The van der Waals surface area contributed by atoms with Crippen molar-refractivity contribution < 1.29 is 14.7 Å². The molecule has 23 heavy (non-hydrogen) atoms. The monoisotopic (exact) mass is 380 g/mol. The summed E-state index contributed by atoms with van der Waals surface area (Å²) in [7, 11) is 0. The highest BCUT2D eigenvalue weighted by atomic mass is 79.9. The van der Waals surface area contributed by atoms with Crippen LogP contribution in [-0.4, -0.2) is 33.4 Å². The summed E-state index contributed by atoms with van der Waals surface area (Å²) in [6.07, 6.45) is 4.39. The molecule has 1 heterocycles. The van der Waals surface area contributed by atoms with E-state index in [0.29, 0.717) is 5.69 Å². The third-order valence-electron chi connectivity index (χ3n) is 3.07. The number of amides is 2. The highest BCUT2D eigenvalue weighted by Crippen LogP contribution is 2.11. The maximum Gasteiger partial charge on any atom is 0.319 e. The van der Waals surface area contributed by atoms with Crippen LogP contribution in [-0.2, 0) is 17.8 Å². The van der Waals surface area contributed by atoms with E-state index in [0.717, 1.165) is 23.0 Å². The van der Waals surface area contributed by atoms with Crippen LogP contribution < -0.4 is 10.6 Å². The normalized spacial score (nSPS) is 10.3. The Balaban J connectivity index is 1.77. The lowest BCUT2D eigenvalue weighted by Gasteiger charge is -2.08. The molecule has 0 aliphatic rings. The van der Waals surface area contributed by atoms with Gasteiger partial charge in [-0.25, -0.2) is 4.79 Å². The van der Waals surface area contributed by atoms with Gasteiger partial charge in [0.25, 0.3) is 0 Å². The average Bonchev–Trinajstić information content (AvgIpc) is 2.92. The SMILES string of the molecule is O=C(O)CCNC(=O)Nc1ccc(CCn2cc(Br)cn2)cc1.